The number of hydrogen-bond acceptors (Lipinski definition) is 9. The van der Waals surface area contributed by atoms with Crippen LogP contribution in [0.4, 0.5) is 9.59 Å². The Balaban J connectivity index is 2.26. The van der Waals surface area contributed by atoms with Gasteiger partial charge in [0.15, 0.2) is 0 Å². The van der Waals surface area contributed by atoms with Crippen LogP contribution in [0.15, 0.2) is 30.3 Å². The molecule has 3 atom stereocenters. The van der Waals surface area contributed by atoms with Gasteiger partial charge in [-0.2, -0.15) is 0 Å². The number of nitrogens with zero attached hydrogens (tertiary/aromatic N) is 1. The van der Waals surface area contributed by atoms with Gasteiger partial charge in [-0.15, -0.1) is 0 Å². The lowest BCUT2D eigenvalue weighted by Crippen LogP contribution is -2.59. The normalized spacial score (nSPS) is 17.7. The van der Waals surface area contributed by atoms with Crippen molar-refractivity contribution < 1.29 is 42.9 Å². The molecular weight excluding hydrogens is 498 g/mol. The molecule has 12 heteroatoms. The number of amides is 3. The molecule has 38 heavy (non-hydrogen) atoms. The van der Waals surface area contributed by atoms with Gasteiger partial charge in [0.2, 0.25) is 5.91 Å². The molecule has 1 fully saturated rings. The number of likely N-dealkylation sites (tertiary alicyclic amines) is 1. The molecule has 1 aromatic rings. The monoisotopic (exact) mass is 535 g/mol. The third kappa shape index (κ3) is 9.24. The topological polar surface area (TPSA) is 150 Å². The number of benzene rings is 1. The minimum atomic E-state index is -1.39. The zero-order valence-electron chi connectivity index (χ0n) is 22.5. The molecule has 0 aliphatic carbocycles. The maximum atomic E-state index is 13.7. The third-order valence-corrected chi connectivity index (χ3v) is 5.41. The SMILES string of the molecule is CCOC(=O)[C@H]1CC[C@@H](C(=O)OCC)N1C(=O)[C@H](CNC(=O)OC(C)(C)C)NC(=O)OCc1ccccc1. The van der Waals surface area contributed by atoms with Crippen LogP contribution in [0.5, 0.6) is 0 Å². The standard InChI is InChI=1S/C26H37N3O9/c1-6-35-22(31)19-13-14-20(23(32)36-7-2)29(19)21(30)18(15-27-24(33)38-26(3,4)5)28-25(34)37-16-17-11-9-8-10-12-17/h8-12,18-20H,6-7,13-16H2,1-5H3,(H,27,33)(H,28,34)/t18-,19-,20+/m0/s1. The smallest absolute Gasteiger partial charge is 0.408 e. The van der Waals surface area contributed by atoms with Gasteiger partial charge in [0.05, 0.1) is 19.8 Å². The predicted molar refractivity (Wildman–Crippen MR) is 135 cm³/mol. The molecule has 3 amide bonds. The largest absolute Gasteiger partial charge is 0.464 e. The summed E-state index contributed by atoms with van der Waals surface area (Å²) in [6, 6.07) is 5.38. The van der Waals surface area contributed by atoms with E-state index in [-0.39, 0.29) is 32.7 Å². The zero-order chi connectivity index (χ0) is 28.3. The van der Waals surface area contributed by atoms with Gasteiger partial charge < -0.3 is 34.5 Å². The van der Waals surface area contributed by atoms with E-state index < -0.39 is 60.3 Å². The van der Waals surface area contributed by atoms with Crippen molar-refractivity contribution in [2.75, 3.05) is 19.8 Å². The molecular formula is C26H37N3O9. The van der Waals surface area contributed by atoms with Gasteiger partial charge in [0.1, 0.15) is 30.3 Å². The summed E-state index contributed by atoms with van der Waals surface area (Å²) in [5.41, 5.74) is -0.0772. The van der Waals surface area contributed by atoms with E-state index in [9.17, 15) is 24.0 Å². The summed E-state index contributed by atoms with van der Waals surface area (Å²) in [4.78, 5) is 65.0. The van der Waals surface area contributed by atoms with Gasteiger partial charge in [0, 0.05) is 0 Å². The highest BCUT2D eigenvalue weighted by Gasteiger charge is 2.47. The molecule has 1 heterocycles. The molecule has 1 aliphatic rings. The van der Waals surface area contributed by atoms with Crippen LogP contribution in [-0.2, 0) is 39.9 Å². The van der Waals surface area contributed by atoms with Crippen molar-refractivity contribution in [2.24, 2.45) is 0 Å². The first kappa shape index (κ1) is 30.4. The Morgan fingerprint density at radius 1 is 0.895 bits per heavy atom. The second kappa shape index (κ2) is 14.2. The van der Waals surface area contributed by atoms with Gasteiger partial charge in [-0.1, -0.05) is 30.3 Å². The molecule has 0 radical (unpaired) electrons. The van der Waals surface area contributed by atoms with Crippen LogP contribution in [0.1, 0.15) is 53.0 Å². The van der Waals surface area contributed by atoms with E-state index in [0.29, 0.717) is 0 Å². The molecule has 0 bridgehead atoms. The molecule has 0 spiro atoms. The third-order valence-electron chi connectivity index (χ3n) is 5.41. The fourth-order valence-electron chi connectivity index (χ4n) is 3.84. The molecule has 1 aliphatic heterocycles. The molecule has 0 aromatic heterocycles. The Hall–Kier alpha value is -3.83. The number of esters is 2. The lowest BCUT2D eigenvalue weighted by molar-refractivity contribution is -0.160. The van der Waals surface area contributed by atoms with E-state index in [1.54, 1.807) is 58.9 Å². The number of ether oxygens (including phenoxy) is 4. The first-order valence-corrected chi connectivity index (χ1v) is 12.6. The van der Waals surface area contributed by atoms with Gasteiger partial charge in [-0.3, -0.25) is 4.79 Å². The van der Waals surface area contributed by atoms with Gasteiger partial charge in [-0.25, -0.2) is 19.2 Å². The summed E-state index contributed by atoms with van der Waals surface area (Å²) >= 11 is 0. The first-order valence-electron chi connectivity index (χ1n) is 12.6. The number of rotatable bonds is 10. The summed E-state index contributed by atoms with van der Waals surface area (Å²) in [7, 11) is 0. The van der Waals surface area contributed by atoms with E-state index >= 15 is 0 Å². The molecule has 12 nitrogen and oxygen atoms in total. The minimum Gasteiger partial charge on any atom is -0.464 e. The van der Waals surface area contributed by atoms with Crippen LogP contribution in [0, 0.1) is 0 Å². The van der Waals surface area contributed by atoms with Crippen molar-refractivity contribution >= 4 is 30.0 Å². The van der Waals surface area contributed by atoms with Crippen molar-refractivity contribution in [1.82, 2.24) is 15.5 Å². The van der Waals surface area contributed by atoms with Crippen molar-refractivity contribution in [3.05, 3.63) is 35.9 Å². The minimum absolute atomic E-state index is 0.0618. The first-order chi connectivity index (χ1) is 18.0. The van der Waals surface area contributed by atoms with Crippen molar-refractivity contribution in [3.8, 4) is 0 Å². The molecule has 210 valence electrons. The summed E-state index contributed by atoms with van der Waals surface area (Å²) in [5.74, 6) is -2.15. The number of alkyl carbamates (subject to hydrolysis) is 2. The van der Waals surface area contributed by atoms with Crippen molar-refractivity contribution in [2.45, 2.75) is 77.8 Å². The van der Waals surface area contributed by atoms with Crippen LogP contribution in [0.25, 0.3) is 0 Å². The van der Waals surface area contributed by atoms with E-state index in [1.807, 2.05) is 6.07 Å². The predicted octanol–water partition coefficient (Wildman–Crippen LogP) is 2.29. The van der Waals surface area contributed by atoms with Crippen molar-refractivity contribution in [1.29, 1.82) is 0 Å². The van der Waals surface area contributed by atoms with E-state index in [1.165, 1.54) is 0 Å². The van der Waals surface area contributed by atoms with E-state index in [2.05, 4.69) is 10.6 Å². The molecule has 0 saturated carbocycles. The maximum Gasteiger partial charge on any atom is 0.408 e. The van der Waals surface area contributed by atoms with Crippen LogP contribution in [-0.4, -0.2) is 78.4 Å². The molecule has 1 aromatic carbocycles. The Morgan fingerprint density at radius 3 is 1.95 bits per heavy atom. The molecule has 1 saturated heterocycles. The molecule has 2 N–H and O–H groups in total. The molecule has 2 rings (SSSR count). The summed E-state index contributed by atoms with van der Waals surface area (Å²) in [6.45, 7) is 7.97. The number of carbonyl (C=O) groups excluding carboxylic acids is 5. The highest BCUT2D eigenvalue weighted by atomic mass is 16.6. The Kier molecular flexibility index (Phi) is 11.4. The lowest BCUT2D eigenvalue weighted by atomic mass is 10.2. The van der Waals surface area contributed by atoms with E-state index in [4.69, 9.17) is 18.9 Å². The Morgan fingerprint density at radius 2 is 1.45 bits per heavy atom. The second-order valence-electron chi connectivity index (χ2n) is 9.50. The number of hydrogen-bond donors (Lipinski definition) is 2. The fraction of sp³-hybridized carbons (Fsp3) is 0.577. The summed E-state index contributed by atoms with van der Waals surface area (Å²) < 4.78 is 20.7. The van der Waals surface area contributed by atoms with Gasteiger partial charge in [-0.05, 0) is 53.0 Å². The van der Waals surface area contributed by atoms with Gasteiger partial charge in [0.25, 0.3) is 0 Å². The highest BCUT2D eigenvalue weighted by molar-refractivity contribution is 5.94. The van der Waals surface area contributed by atoms with Crippen molar-refractivity contribution in [3.63, 3.8) is 0 Å². The van der Waals surface area contributed by atoms with Crippen LogP contribution in [0.3, 0.4) is 0 Å². The second-order valence-corrected chi connectivity index (χ2v) is 9.50. The summed E-state index contributed by atoms with van der Waals surface area (Å²) in [6.07, 6.45) is -1.42. The van der Waals surface area contributed by atoms with Crippen LogP contribution < -0.4 is 10.6 Å². The van der Waals surface area contributed by atoms with Crippen LogP contribution in [0.2, 0.25) is 0 Å². The number of nitrogens with one attached hydrogen (secondary N) is 2. The molecule has 0 unspecified atom stereocenters. The van der Waals surface area contributed by atoms with Crippen LogP contribution >= 0.6 is 0 Å². The zero-order valence-corrected chi connectivity index (χ0v) is 22.5. The quantitative estimate of drug-likeness (QED) is 0.340. The maximum absolute atomic E-state index is 13.7. The van der Waals surface area contributed by atoms with Gasteiger partial charge >= 0.3 is 24.1 Å². The Bertz CT molecular complexity index is 952. The Labute approximate surface area is 222 Å². The fourth-order valence-corrected chi connectivity index (χ4v) is 3.84. The van der Waals surface area contributed by atoms with E-state index in [0.717, 1.165) is 10.5 Å². The average molecular weight is 536 g/mol. The average Bonchev–Trinajstić information content (AvgIpc) is 3.30. The lowest BCUT2D eigenvalue weighted by Gasteiger charge is -2.31. The number of carbonyl (C=O) groups is 5. The summed E-state index contributed by atoms with van der Waals surface area (Å²) in [5, 5.41) is 4.89. The highest BCUT2D eigenvalue weighted by Crippen LogP contribution is 2.27.